The molecule has 3 N–H and O–H groups in total. The summed E-state index contributed by atoms with van der Waals surface area (Å²) in [6.07, 6.45) is 9.52. The number of nitrogens with zero attached hydrogens (tertiary/aromatic N) is 4. The Balaban J connectivity index is 1.17. The molecular weight excluding hydrogens is 328 g/mol. The number of carbonyl (C=O) groups is 1. The Labute approximate surface area is 152 Å². The van der Waals surface area contributed by atoms with Crippen molar-refractivity contribution in [2.24, 2.45) is 17.8 Å². The second kappa shape index (κ2) is 7.11. The summed E-state index contributed by atoms with van der Waals surface area (Å²) in [6, 6.07) is 5.39. The largest absolute Gasteiger partial charge is 0.384 e. The third kappa shape index (κ3) is 3.66. The number of amides is 1. The van der Waals surface area contributed by atoms with E-state index in [1.165, 1.54) is 6.08 Å². The van der Waals surface area contributed by atoms with Gasteiger partial charge in [-0.15, -0.1) is 0 Å². The van der Waals surface area contributed by atoms with Gasteiger partial charge in [0.2, 0.25) is 11.9 Å². The number of rotatable bonds is 6. The molecule has 7 nitrogen and oxygen atoms in total. The zero-order valence-corrected chi connectivity index (χ0v) is 14.5. The maximum atomic E-state index is 11.9. The monoisotopic (exact) mass is 350 g/mol. The summed E-state index contributed by atoms with van der Waals surface area (Å²) >= 11 is 0. The van der Waals surface area contributed by atoms with E-state index in [1.807, 2.05) is 12.1 Å². The summed E-state index contributed by atoms with van der Waals surface area (Å²) in [4.78, 5) is 26.8. The third-order valence-corrected chi connectivity index (χ3v) is 5.22. The molecule has 0 bridgehead atoms. The van der Waals surface area contributed by atoms with Crippen LogP contribution in [0.5, 0.6) is 0 Å². The summed E-state index contributed by atoms with van der Waals surface area (Å²) in [6.45, 7) is 2.76. The van der Waals surface area contributed by atoms with E-state index in [9.17, 15) is 4.79 Å². The molecule has 4 rings (SSSR count). The van der Waals surface area contributed by atoms with Gasteiger partial charge in [0.1, 0.15) is 5.82 Å². The number of piperidine rings is 1. The van der Waals surface area contributed by atoms with Gasteiger partial charge in [0.25, 0.3) is 0 Å². The lowest BCUT2D eigenvalue weighted by atomic mass is 10.2. The molecule has 0 radical (unpaired) electrons. The normalized spacial score (nSPS) is 23.8. The minimum atomic E-state index is -0.0769. The molecule has 2 fully saturated rings. The first-order chi connectivity index (χ1) is 12.7. The number of hydrogen-bond donors (Lipinski definition) is 2. The molecule has 1 amide bonds. The Kier molecular flexibility index (Phi) is 4.51. The maximum absolute atomic E-state index is 11.9. The summed E-state index contributed by atoms with van der Waals surface area (Å²) in [5, 5.41) is 2.96. The molecule has 26 heavy (non-hydrogen) atoms. The molecule has 2 aromatic rings. The standard InChI is InChI=1S/C19H22N6O/c20-17-4-2-13(10-24-17)3-5-18(26)21-9-6-14-15-11-25(12-16(14)15)19-22-7-1-8-23-19/h1-5,7-8,10,14-16H,6,9,11-12H2,(H2,20,24)(H,21,26)/b5-3+/t14?,15-,16+. The number of pyridine rings is 1. The second-order valence-electron chi connectivity index (χ2n) is 6.87. The lowest BCUT2D eigenvalue weighted by molar-refractivity contribution is -0.116. The van der Waals surface area contributed by atoms with E-state index in [4.69, 9.17) is 5.73 Å². The smallest absolute Gasteiger partial charge is 0.244 e. The number of nitrogens with one attached hydrogen (secondary N) is 1. The van der Waals surface area contributed by atoms with Gasteiger partial charge in [-0.25, -0.2) is 15.0 Å². The molecule has 2 aromatic heterocycles. The van der Waals surface area contributed by atoms with E-state index in [1.54, 1.807) is 30.7 Å². The van der Waals surface area contributed by atoms with Crippen LogP contribution in [0, 0.1) is 17.8 Å². The lowest BCUT2D eigenvalue weighted by Crippen LogP contribution is -2.27. The van der Waals surface area contributed by atoms with Crippen molar-refractivity contribution in [2.45, 2.75) is 6.42 Å². The van der Waals surface area contributed by atoms with Crippen molar-refractivity contribution in [1.29, 1.82) is 0 Å². The van der Waals surface area contributed by atoms with Gasteiger partial charge in [0, 0.05) is 44.3 Å². The van der Waals surface area contributed by atoms with Crippen LogP contribution in [0.3, 0.4) is 0 Å². The zero-order valence-electron chi connectivity index (χ0n) is 14.5. The number of aromatic nitrogens is 3. The molecule has 2 aliphatic rings. The molecule has 1 unspecified atom stereocenters. The summed E-state index contributed by atoms with van der Waals surface area (Å²) in [5.41, 5.74) is 6.39. The van der Waals surface area contributed by atoms with Crippen molar-refractivity contribution >= 4 is 23.7 Å². The van der Waals surface area contributed by atoms with E-state index in [0.717, 1.165) is 31.0 Å². The summed E-state index contributed by atoms with van der Waals surface area (Å²) in [5.74, 6) is 3.36. The Bertz CT molecular complexity index is 779. The van der Waals surface area contributed by atoms with Crippen LogP contribution in [0.25, 0.3) is 6.08 Å². The summed E-state index contributed by atoms with van der Waals surface area (Å²) < 4.78 is 0. The van der Waals surface area contributed by atoms with Crippen LogP contribution in [0.1, 0.15) is 12.0 Å². The number of carbonyl (C=O) groups excluding carboxylic acids is 1. The quantitative estimate of drug-likeness (QED) is 0.764. The van der Waals surface area contributed by atoms with E-state index in [-0.39, 0.29) is 5.91 Å². The molecule has 1 saturated carbocycles. The first-order valence-electron chi connectivity index (χ1n) is 8.90. The van der Waals surface area contributed by atoms with E-state index in [2.05, 4.69) is 25.2 Å². The molecule has 1 aliphatic carbocycles. The molecule has 1 saturated heterocycles. The maximum Gasteiger partial charge on any atom is 0.244 e. The lowest BCUT2D eigenvalue weighted by Gasteiger charge is -2.19. The van der Waals surface area contributed by atoms with Gasteiger partial charge in [-0.05, 0) is 54.0 Å². The first kappa shape index (κ1) is 16.5. The highest BCUT2D eigenvalue weighted by molar-refractivity contribution is 5.91. The third-order valence-electron chi connectivity index (χ3n) is 5.22. The fourth-order valence-electron chi connectivity index (χ4n) is 3.80. The van der Waals surface area contributed by atoms with Crippen LogP contribution in [0.4, 0.5) is 11.8 Å². The first-order valence-corrected chi connectivity index (χ1v) is 8.90. The Hall–Kier alpha value is -2.96. The second-order valence-corrected chi connectivity index (χ2v) is 6.87. The summed E-state index contributed by atoms with van der Waals surface area (Å²) in [7, 11) is 0. The molecule has 3 heterocycles. The minimum absolute atomic E-state index is 0.0769. The van der Waals surface area contributed by atoms with E-state index in [0.29, 0.717) is 30.1 Å². The number of anilines is 2. The van der Waals surface area contributed by atoms with Crippen molar-refractivity contribution in [1.82, 2.24) is 20.3 Å². The van der Waals surface area contributed by atoms with Gasteiger partial charge in [-0.3, -0.25) is 4.79 Å². The van der Waals surface area contributed by atoms with E-state index < -0.39 is 0 Å². The number of nitrogen functional groups attached to an aromatic ring is 1. The van der Waals surface area contributed by atoms with Crippen molar-refractivity contribution in [2.75, 3.05) is 30.3 Å². The van der Waals surface area contributed by atoms with Crippen molar-refractivity contribution < 1.29 is 4.79 Å². The number of nitrogens with two attached hydrogens (primary N) is 1. The Morgan fingerprint density at radius 2 is 2.00 bits per heavy atom. The van der Waals surface area contributed by atoms with Crippen LogP contribution in [0.2, 0.25) is 0 Å². The van der Waals surface area contributed by atoms with Crippen LogP contribution >= 0.6 is 0 Å². The highest BCUT2D eigenvalue weighted by atomic mass is 16.1. The average molecular weight is 350 g/mol. The molecule has 1 aliphatic heterocycles. The predicted octanol–water partition coefficient (Wildman–Crippen LogP) is 1.36. The van der Waals surface area contributed by atoms with Crippen LogP contribution < -0.4 is 16.0 Å². The number of fused-ring (bicyclic) bond motifs is 1. The molecular formula is C19H22N6O. The number of hydrogen-bond acceptors (Lipinski definition) is 6. The highest BCUT2D eigenvalue weighted by Gasteiger charge is 2.55. The molecule has 7 heteroatoms. The van der Waals surface area contributed by atoms with E-state index >= 15 is 0 Å². The predicted molar refractivity (Wildman–Crippen MR) is 100 cm³/mol. The van der Waals surface area contributed by atoms with Gasteiger partial charge in [0.15, 0.2) is 0 Å². The fourth-order valence-corrected chi connectivity index (χ4v) is 3.80. The average Bonchev–Trinajstić information content (AvgIpc) is 3.11. The minimum Gasteiger partial charge on any atom is -0.384 e. The van der Waals surface area contributed by atoms with Crippen molar-refractivity contribution in [3.63, 3.8) is 0 Å². The fraction of sp³-hybridized carbons (Fsp3) is 0.368. The molecule has 0 aromatic carbocycles. The van der Waals surface area contributed by atoms with Gasteiger partial charge < -0.3 is 16.0 Å². The highest BCUT2D eigenvalue weighted by Crippen LogP contribution is 2.53. The topological polar surface area (TPSA) is 97.0 Å². The van der Waals surface area contributed by atoms with Crippen molar-refractivity contribution in [3.05, 3.63) is 48.4 Å². The Morgan fingerprint density at radius 1 is 1.23 bits per heavy atom. The van der Waals surface area contributed by atoms with Gasteiger partial charge in [-0.2, -0.15) is 0 Å². The SMILES string of the molecule is Nc1ccc(/C=C/C(=O)NCCC2[C@H]3CN(c4ncccn4)C[C@@H]23)cn1. The molecule has 0 spiro atoms. The van der Waals surface area contributed by atoms with Gasteiger partial charge in [0.05, 0.1) is 0 Å². The van der Waals surface area contributed by atoms with Crippen LogP contribution in [-0.2, 0) is 4.79 Å². The Morgan fingerprint density at radius 3 is 2.69 bits per heavy atom. The van der Waals surface area contributed by atoms with Crippen LogP contribution in [0.15, 0.2) is 42.9 Å². The van der Waals surface area contributed by atoms with Crippen LogP contribution in [-0.4, -0.2) is 40.5 Å². The van der Waals surface area contributed by atoms with Crippen molar-refractivity contribution in [3.8, 4) is 0 Å². The zero-order chi connectivity index (χ0) is 17.9. The van der Waals surface area contributed by atoms with Gasteiger partial charge in [-0.1, -0.05) is 0 Å². The van der Waals surface area contributed by atoms with Gasteiger partial charge >= 0.3 is 0 Å². The molecule has 134 valence electrons. The molecule has 3 atom stereocenters.